The Balaban J connectivity index is 0.000000458. The Morgan fingerprint density at radius 1 is 0.465 bits per heavy atom. The van der Waals surface area contributed by atoms with Crippen LogP contribution in [0.4, 0.5) is 0 Å². The molecule has 18 atom stereocenters. The summed E-state index contributed by atoms with van der Waals surface area (Å²) in [5, 5.41) is 44.5. The average Bonchev–Trinajstić information content (AvgIpc) is 1.80. The lowest BCUT2D eigenvalue weighted by atomic mass is 10.2. The zero-order valence-corrected chi connectivity index (χ0v) is 75.9. The molecule has 2 aliphatic heterocycles. The van der Waals surface area contributed by atoms with Gasteiger partial charge in [0.2, 0.25) is 17.6 Å². The summed E-state index contributed by atoms with van der Waals surface area (Å²) in [7, 11) is -78.9. The number of aromatic nitrogens is 8. The van der Waals surface area contributed by atoms with Crippen LogP contribution in [0.1, 0.15) is 106 Å². The van der Waals surface area contributed by atoms with E-state index < -0.39 is 180 Å². The molecule has 14 unspecified atom stereocenters. The second-order valence-corrected chi connectivity index (χ2v) is 43.4. The highest BCUT2D eigenvalue weighted by Gasteiger charge is 2.41. The van der Waals surface area contributed by atoms with Crippen molar-refractivity contribution < 1.29 is 218 Å². The van der Waals surface area contributed by atoms with E-state index in [0.717, 1.165) is 21.5 Å². The first-order valence-corrected chi connectivity index (χ1v) is 52.9. The van der Waals surface area contributed by atoms with Crippen LogP contribution in [0.25, 0.3) is 21.8 Å². The van der Waals surface area contributed by atoms with E-state index in [1.165, 1.54) is 13.8 Å². The van der Waals surface area contributed by atoms with Crippen LogP contribution in [-0.2, 0) is 145 Å². The Morgan fingerprint density at radius 2 is 0.795 bits per heavy atom. The number of amides is 2. The van der Waals surface area contributed by atoms with Gasteiger partial charge in [-0.1, -0.05) is 30.8 Å². The van der Waals surface area contributed by atoms with Crippen LogP contribution in [-0.4, -0.2) is 165 Å². The number of ether oxygens (including phenoxy) is 5. The van der Waals surface area contributed by atoms with E-state index in [0.29, 0.717) is 48.6 Å². The molecule has 64 nitrogen and oxygen atoms in total. The minimum absolute atomic E-state index is 0.0383. The van der Waals surface area contributed by atoms with Gasteiger partial charge in [0.05, 0.1) is 65.1 Å². The third-order valence-electron chi connectivity index (χ3n) is 14.9. The summed E-state index contributed by atoms with van der Waals surface area (Å²) in [6.07, 6.45) is -5.37. The number of hydrogen-bond acceptors (Lipinski definition) is 56. The molecule has 2 aliphatic rings. The quantitative estimate of drug-likeness (QED) is 0.00805. The molecule has 0 radical (unpaired) electrons. The lowest BCUT2D eigenvalue weighted by molar-refractivity contribution is -0.264. The standard InChI is InChI=1S/C30H47N7O26P6.C21H40N6O25P6/c1-20-18-37(30(41)32-29(20)40)27-17-24(38)25(58-27)19-57-65(44,45)60-67(48,49)62-69(52,53)63-68(50,51)61-66(46,47)59-64(42,43)56-13-6-4-3-5-12-31-26(39)11-14-54-15-16-55-23-9-7-22(8-10-23)28-35-33-21(2)34-36-28;1-15-13-27(21(31)25-20(15)30)19-12-16(28)17(47-19)14-46-54(34,35)49-56(38,39)51-58(42,43)52-57(40,41)50-55(36,37)48-53(32,33)45-9-5-3-2-4-7-23-18(29)6-10-44-11-8-24-26-22/h7-10,18,24-25,27,38H,3-6,11-17,19H2,1-2H3,(H,31,39)(H,42,43)(H,44,45)(H,46,47)(H,48,49)(H,50,51)(H,52,53)(H,32,40,41);13,16-17,19,28H,2-12,14H2,1H3,(H,23,29)(H,32,33)(H,34,35)(H,36,37)(H,38,39)(H,40,41)(H,42,43)(H,25,30,31)/p-12/t24?,25-,27-;16?,17-,19-/m11/s1. The van der Waals surface area contributed by atoms with E-state index in [4.69, 9.17) is 29.2 Å². The Labute approximate surface area is 713 Å². The predicted molar refractivity (Wildman–Crippen MR) is 388 cm³/mol. The number of unbranched alkanes of at least 4 members (excludes halogenated alkanes) is 6. The zero-order valence-electron chi connectivity index (χ0n) is 65.2. The zero-order chi connectivity index (χ0) is 95.3. The van der Waals surface area contributed by atoms with E-state index in [2.05, 4.69) is 102 Å². The number of nitrogens with zero attached hydrogens (tertiary/aromatic N) is 9. The van der Waals surface area contributed by atoms with Gasteiger partial charge in [-0.05, 0) is 76.3 Å². The SMILES string of the molecule is Cc1cn([C@H]2CC(O)[C@@H](COP(=O)([O-])OP(=O)([O-])OP(=O)([O-])OP(=O)([O-])OP(=O)([O-])OP(=O)([O-])OCCCCCCNC(=O)CCOCCN=[N+]=[N-])O2)c(=O)[nH]c1=O.Cc1nnc(-c2ccc(OCCOCCC(=O)NCCCCCCOP(=O)([O-])OP(=O)([O-])OP(=O)([O-])OP(=O)([O-])OP(=O)([O-])OP(=O)([O-])OC[C@H]3O[C@@H](n4cc(C)c(=O)[nH]c4=O)CC3O)cc2)nn1. The number of benzene rings is 1. The van der Waals surface area contributed by atoms with Gasteiger partial charge in [-0.3, -0.25) is 93.1 Å². The number of nitrogens with one attached hydrogen (secondary N) is 4. The second kappa shape index (κ2) is 50.4. The summed E-state index contributed by atoms with van der Waals surface area (Å²) in [4.78, 5) is 221. The van der Waals surface area contributed by atoms with Crippen molar-refractivity contribution in [3.63, 3.8) is 0 Å². The Kier molecular flexibility index (Phi) is 44.7. The second-order valence-electron chi connectivity index (χ2n) is 25.1. The van der Waals surface area contributed by atoms with Crippen LogP contribution >= 0.6 is 93.9 Å². The largest absolute Gasteiger partial charge is 0.756 e. The number of rotatable bonds is 58. The summed E-state index contributed by atoms with van der Waals surface area (Å²) >= 11 is 0. The molecule has 0 spiro atoms. The van der Waals surface area contributed by atoms with E-state index in [1.807, 2.05) is 9.97 Å². The molecule has 0 aliphatic carbocycles. The first-order valence-electron chi connectivity index (χ1n) is 35.4. The van der Waals surface area contributed by atoms with Crippen molar-refractivity contribution >= 4 is 106 Å². The van der Waals surface area contributed by atoms with Crippen LogP contribution in [0.5, 0.6) is 5.75 Å². The highest BCUT2D eigenvalue weighted by atomic mass is 31.3. The van der Waals surface area contributed by atoms with Crippen LogP contribution in [0, 0.1) is 20.8 Å². The molecule has 2 amide bonds. The number of aliphatic hydroxyl groups excluding tert-OH is 2. The van der Waals surface area contributed by atoms with Gasteiger partial charge in [-0.15, -0.1) is 20.4 Å². The molecule has 0 saturated carbocycles. The van der Waals surface area contributed by atoms with E-state index in [-0.39, 0.29) is 127 Å². The molecule has 76 heteroatoms. The Hall–Kier alpha value is -4.95. The number of carbonyl (C=O) groups is 2. The number of phosphoric ester groups is 4. The monoisotopic (exact) mass is 2060 g/mol. The van der Waals surface area contributed by atoms with Gasteiger partial charge >= 0.3 is 11.4 Å². The lowest BCUT2D eigenvalue weighted by Gasteiger charge is -2.38. The highest BCUT2D eigenvalue weighted by molar-refractivity contribution is 7.72. The van der Waals surface area contributed by atoms with Gasteiger partial charge < -0.3 is 121 Å². The molecule has 6 rings (SSSR count). The topological polar surface area (TPSA) is 966 Å². The molecule has 1 aromatic carbocycles. The van der Waals surface area contributed by atoms with E-state index in [1.54, 1.807) is 31.2 Å². The number of aliphatic hydroxyl groups is 2. The fourth-order valence-electron chi connectivity index (χ4n) is 9.58. The van der Waals surface area contributed by atoms with Crippen molar-refractivity contribution in [2.45, 2.75) is 135 Å². The van der Waals surface area contributed by atoms with Crippen molar-refractivity contribution in [1.82, 2.24) is 50.1 Å². The van der Waals surface area contributed by atoms with Crippen molar-refractivity contribution in [3.8, 4) is 17.1 Å². The van der Waals surface area contributed by atoms with Crippen LogP contribution in [0.3, 0.4) is 0 Å². The summed E-state index contributed by atoms with van der Waals surface area (Å²) in [5.74, 6) is 0.728. The van der Waals surface area contributed by atoms with E-state index >= 15 is 0 Å². The van der Waals surface area contributed by atoms with Gasteiger partial charge in [0.1, 0.15) is 37.0 Å². The normalized spacial score (nSPS) is 22.2. The minimum atomic E-state index is -6.95. The van der Waals surface area contributed by atoms with Gasteiger partial charge in [-0.2, -0.15) is 0 Å². The molecule has 2 fully saturated rings. The Morgan fingerprint density at radius 3 is 1.15 bits per heavy atom. The molecular formula is C51H75N13O51P12-12. The highest BCUT2D eigenvalue weighted by Crippen LogP contribution is 2.73. The molecule has 722 valence electrons. The minimum Gasteiger partial charge on any atom is -0.756 e. The number of phosphoric acid groups is 12. The number of carbonyl (C=O) groups excluding carboxylic acids is 2. The van der Waals surface area contributed by atoms with E-state index in [9.17, 15) is 152 Å². The fourth-order valence-corrected chi connectivity index (χ4v) is 24.6. The summed E-state index contributed by atoms with van der Waals surface area (Å²) in [6.45, 7) is 1.74. The number of aromatic amines is 2. The van der Waals surface area contributed by atoms with Crippen LogP contribution < -0.4 is 96.6 Å². The molecule has 3 aromatic heterocycles. The fraction of sp³-hybridized carbons (Fsp3) is 0.647. The summed E-state index contributed by atoms with van der Waals surface area (Å²) in [6, 6.07) is 6.91. The first kappa shape index (κ1) is 113. The smallest absolute Gasteiger partial charge is 0.330 e. The molecule has 0 bridgehead atoms. The summed E-state index contributed by atoms with van der Waals surface area (Å²) in [5.41, 5.74) is 5.51. The van der Waals surface area contributed by atoms with Gasteiger partial charge in [0.15, 0.2) is 5.82 Å². The maximum Gasteiger partial charge on any atom is 0.330 e. The molecule has 5 heterocycles. The van der Waals surface area contributed by atoms with Gasteiger partial charge in [0, 0.05) is 79.3 Å². The molecule has 127 heavy (non-hydrogen) atoms. The number of azide groups is 1. The maximum absolute atomic E-state index is 12.1. The molecule has 2 saturated heterocycles. The van der Waals surface area contributed by atoms with Crippen molar-refractivity contribution in [1.29, 1.82) is 0 Å². The third kappa shape index (κ3) is 44.6. The van der Waals surface area contributed by atoms with Crippen LogP contribution in [0.2, 0.25) is 0 Å². The maximum atomic E-state index is 12.1. The molecular weight excluding hydrogens is 1980 g/mol. The van der Waals surface area contributed by atoms with Crippen molar-refractivity contribution in [3.05, 3.63) is 106 Å². The number of aryl methyl sites for hydroxylation is 3. The number of H-pyrrole nitrogens is 2. The Bertz CT molecular complexity index is 5280. The lowest BCUT2D eigenvalue weighted by Crippen LogP contribution is -2.33. The predicted octanol–water partition coefficient (Wildman–Crippen LogP) is -4.05. The van der Waals surface area contributed by atoms with Crippen molar-refractivity contribution in [2.24, 2.45) is 5.11 Å². The van der Waals surface area contributed by atoms with Crippen molar-refractivity contribution in [2.75, 3.05) is 79.1 Å². The van der Waals surface area contributed by atoms with Gasteiger partial charge in [-0.25, -0.2) is 52.7 Å². The first-order chi connectivity index (χ1) is 58.7. The molecule has 4 aromatic rings. The average molecular weight is 2060 g/mol. The summed E-state index contributed by atoms with van der Waals surface area (Å²) < 4.78 is 222. The third-order valence-corrected chi connectivity index (χ3v) is 32.9. The van der Waals surface area contributed by atoms with Crippen LogP contribution in [0.15, 0.2) is 61.0 Å². The van der Waals surface area contributed by atoms with Gasteiger partial charge in [0.25, 0.3) is 105 Å². The number of hydrogen-bond donors (Lipinski definition) is 6. The molecule has 6 N–H and O–H groups in total.